The van der Waals surface area contributed by atoms with Crippen LogP contribution in [0.5, 0.6) is 0 Å². The molecule has 32 heavy (non-hydrogen) atoms. The second kappa shape index (κ2) is 8.41. The number of fused-ring (bicyclic) bond motifs is 2. The molecule has 0 spiro atoms. The smallest absolute Gasteiger partial charge is 0.255 e. The fourth-order valence-electron chi connectivity index (χ4n) is 4.92. The maximum Gasteiger partial charge on any atom is 0.255 e. The lowest BCUT2D eigenvalue weighted by Crippen LogP contribution is -2.37. The third-order valence-electron chi connectivity index (χ3n) is 6.29. The lowest BCUT2D eigenvalue weighted by atomic mass is 9.81. The molecular formula is C22H18ClF3N2O3S. The van der Waals surface area contributed by atoms with E-state index in [1.54, 1.807) is 0 Å². The van der Waals surface area contributed by atoms with Crippen LogP contribution in [-0.4, -0.2) is 19.6 Å². The van der Waals surface area contributed by atoms with Crippen LogP contribution in [-0.2, 0) is 9.84 Å². The van der Waals surface area contributed by atoms with E-state index in [-0.39, 0.29) is 38.9 Å². The third-order valence-corrected chi connectivity index (χ3v) is 9.17. The summed E-state index contributed by atoms with van der Waals surface area (Å²) in [7, 11) is -3.90. The van der Waals surface area contributed by atoms with Gasteiger partial charge in [-0.2, -0.15) is 5.26 Å². The summed E-state index contributed by atoms with van der Waals surface area (Å²) in [5, 5.41) is 10.8. The monoisotopic (exact) mass is 482 g/mol. The van der Waals surface area contributed by atoms with Gasteiger partial charge in [0.15, 0.2) is 27.3 Å². The third kappa shape index (κ3) is 3.97. The highest BCUT2D eigenvalue weighted by Crippen LogP contribution is 2.50. The van der Waals surface area contributed by atoms with Crippen molar-refractivity contribution in [3.05, 3.63) is 58.4 Å². The largest absolute Gasteiger partial charge is 0.322 e. The highest BCUT2D eigenvalue weighted by molar-refractivity contribution is 7.92. The van der Waals surface area contributed by atoms with Crippen LogP contribution in [0.1, 0.15) is 36.0 Å². The fourth-order valence-corrected chi connectivity index (χ4v) is 7.80. The summed E-state index contributed by atoms with van der Waals surface area (Å²) in [4.78, 5) is 12.4. The van der Waals surface area contributed by atoms with Crippen molar-refractivity contribution in [2.24, 2.45) is 17.8 Å². The average Bonchev–Trinajstić information content (AvgIpc) is 3.03. The van der Waals surface area contributed by atoms with Gasteiger partial charge in [-0.3, -0.25) is 4.79 Å². The van der Waals surface area contributed by atoms with Crippen LogP contribution in [0.25, 0.3) is 0 Å². The number of benzene rings is 2. The van der Waals surface area contributed by atoms with E-state index in [9.17, 15) is 31.6 Å². The molecule has 5 nitrogen and oxygen atoms in total. The van der Waals surface area contributed by atoms with Gasteiger partial charge in [0.2, 0.25) is 0 Å². The summed E-state index contributed by atoms with van der Waals surface area (Å²) in [5.41, 5.74) is -0.408. The molecule has 0 saturated heterocycles. The number of hydrogen-bond donors (Lipinski definition) is 1. The summed E-state index contributed by atoms with van der Waals surface area (Å²) in [6, 6.07) is 7.18. The van der Waals surface area contributed by atoms with Crippen LogP contribution < -0.4 is 5.32 Å². The van der Waals surface area contributed by atoms with Crippen molar-refractivity contribution in [2.45, 2.75) is 35.8 Å². The molecule has 1 amide bonds. The maximum atomic E-state index is 13.5. The summed E-state index contributed by atoms with van der Waals surface area (Å²) in [5.74, 6) is -5.90. The van der Waals surface area contributed by atoms with Crippen LogP contribution in [0, 0.1) is 46.5 Å². The number of nitrogens with one attached hydrogen (secondary N) is 1. The SMILES string of the molecule is N#C[C@H]1CC2CC[C@@H](C1)C2S(=O)(=O)c1cc(C(=O)Nc2cc(F)c(F)c(F)c2)ccc1Cl. The highest BCUT2D eigenvalue weighted by Gasteiger charge is 2.50. The number of carbonyl (C=O) groups excluding carboxylic acids is 1. The first-order valence-electron chi connectivity index (χ1n) is 10.0. The number of nitrogens with zero attached hydrogens (tertiary/aromatic N) is 1. The number of sulfone groups is 1. The summed E-state index contributed by atoms with van der Waals surface area (Å²) in [6.45, 7) is 0. The Labute approximate surface area is 188 Å². The minimum atomic E-state index is -3.90. The minimum Gasteiger partial charge on any atom is -0.322 e. The van der Waals surface area contributed by atoms with Crippen molar-refractivity contribution >= 4 is 33.0 Å². The van der Waals surface area contributed by atoms with Gasteiger partial charge in [0.05, 0.1) is 21.2 Å². The van der Waals surface area contributed by atoms with Crippen molar-refractivity contribution < 1.29 is 26.4 Å². The molecule has 0 heterocycles. The van der Waals surface area contributed by atoms with Crippen LogP contribution in [0.15, 0.2) is 35.2 Å². The molecule has 2 aliphatic rings. The molecule has 0 aliphatic heterocycles. The Morgan fingerprint density at radius 3 is 2.22 bits per heavy atom. The molecule has 10 heteroatoms. The second-order valence-electron chi connectivity index (χ2n) is 8.26. The zero-order chi connectivity index (χ0) is 23.2. The Balaban J connectivity index is 1.63. The van der Waals surface area contributed by atoms with Crippen molar-refractivity contribution in [3.8, 4) is 6.07 Å². The number of amides is 1. The standard InChI is InChI=1S/C22H18ClF3N2O3S/c23-16-4-3-14(22(29)28-15-8-17(24)20(26)18(25)9-15)7-19(16)32(30,31)21-12-1-2-13(21)6-11(5-12)10-27/h3-4,7-9,11-13,21H,1-2,5-6H2,(H,28,29)/t11-,12+,13?,21?/m1/s1. The predicted octanol–water partition coefficient (Wildman–Crippen LogP) is 5.11. The van der Waals surface area contributed by atoms with Crippen LogP contribution in [0.4, 0.5) is 18.9 Å². The molecule has 1 N–H and O–H groups in total. The zero-order valence-electron chi connectivity index (χ0n) is 16.6. The normalized spacial score (nSPS) is 24.7. The number of carbonyl (C=O) groups is 1. The Bertz CT molecular complexity index is 1210. The molecule has 0 radical (unpaired) electrons. The van der Waals surface area contributed by atoms with Crippen LogP contribution >= 0.6 is 11.6 Å². The molecule has 2 bridgehead atoms. The lowest BCUT2D eigenvalue weighted by molar-refractivity contribution is 0.102. The van der Waals surface area contributed by atoms with Gasteiger partial charge in [0.25, 0.3) is 5.91 Å². The van der Waals surface area contributed by atoms with Gasteiger partial charge in [-0.05, 0) is 55.7 Å². The molecule has 4 rings (SSSR count). The fraction of sp³-hybridized carbons (Fsp3) is 0.364. The first kappa shape index (κ1) is 22.6. The van der Waals surface area contributed by atoms with Crippen molar-refractivity contribution in [1.29, 1.82) is 5.26 Å². The number of hydrogen-bond acceptors (Lipinski definition) is 4. The summed E-state index contributed by atoms with van der Waals surface area (Å²) in [6.07, 6.45) is 2.45. The molecule has 2 aliphatic carbocycles. The molecule has 2 aromatic rings. The van der Waals surface area contributed by atoms with E-state index in [1.807, 2.05) is 0 Å². The predicted molar refractivity (Wildman–Crippen MR) is 111 cm³/mol. The molecule has 0 aromatic heterocycles. The molecule has 4 atom stereocenters. The minimum absolute atomic E-state index is 0.0396. The van der Waals surface area contributed by atoms with E-state index in [0.29, 0.717) is 37.8 Å². The summed E-state index contributed by atoms with van der Waals surface area (Å²) >= 11 is 6.19. The van der Waals surface area contributed by atoms with Gasteiger partial charge in [-0.15, -0.1) is 0 Å². The van der Waals surface area contributed by atoms with E-state index in [1.165, 1.54) is 12.1 Å². The van der Waals surface area contributed by atoms with Gasteiger partial charge in [0.1, 0.15) is 0 Å². The molecule has 2 saturated carbocycles. The molecule has 168 valence electrons. The molecular weight excluding hydrogens is 465 g/mol. The van der Waals surface area contributed by atoms with Crippen molar-refractivity contribution in [1.82, 2.24) is 0 Å². The van der Waals surface area contributed by atoms with Gasteiger partial charge in [-0.1, -0.05) is 11.6 Å². The second-order valence-corrected chi connectivity index (χ2v) is 10.7. The van der Waals surface area contributed by atoms with E-state index < -0.39 is 38.4 Å². The number of rotatable bonds is 4. The Kier molecular flexibility index (Phi) is 5.94. The van der Waals surface area contributed by atoms with E-state index in [4.69, 9.17) is 11.6 Å². The molecule has 2 unspecified atom stereocenters. The highest BCUT2D eigenvalue weighted by atomic mass is 35.5. The van der Waals surface area contributed by atoms with Crippen molar-refractivity contribution in [2.75, 3.05) is 5.32 Å². The van der Waals surface area contributed by atoms with Crippen LogP contribution in [0.3, 0.4) is 0 Å². The van der Waals surface area contributed by atoms with E-state index in [2.05, 4.69) is 11.4 Å². The maximum absolute atomic E-state index is 13.5. The van der Waals surface area contributed by atoms with Crippen LogP contribution in [0.2, 0.25) is 5.02 Å². The van der Waals surface area contributed by atoms with Gasteiger partial charge < -0.3 is 5.32 Å². The van der Waals surface area contributed by atoms with Crippen molar-refractivity contribution in [3.63, 3.8) is 0 Å². The van der Waals surface area contributed by atoms with E-state index in [0.717, 1.165) is 6.07 Å². The molecule has 2 fully saturated rings. The van der Waals surface area contributed by atoms with Gasteiger partial charge in [0, 0.05) is 29.3 Å². The average molecular weight is 483 g/mol. The first-order valence-corrected chi connectivity index (χ1v) is 11.9. The molecule has 2 aromatic carbocycles. The number of anilines is 1. The Morgan fingerprint density at radius 2 is 1.66 bits per heavy atom. The first-order chi connectivity index (χ1) is 15.1. The quantitative estimate of drug-likeness (QED) is 0.613. The van der Waals surface area contributed by atoms with Gasteiger partial charge in [-0.25, -0.2) is 21.6 Å². The van der Waals surface area contributed by atoms with E-state index >= 15 is 0 Å². The zero-order valence-corrected chi connectivity index (χ0v) is 18.2. The summed E-state index contributed by atoms with van der Waals surface area (Å²) < 4.78 is 66.9. The Morgan fingerprint density at radius 1 is 1.06 bits per heavy atom. The van der Waals surface area contributed by atoms with Gasteiger partial charge >= 0.3 is 0 Å². The number of nitriles is 1. The number of halogens is 4. The lowest BCUT2D eigenvalue weighted by Gasteiger charge is -2.32. The topological polar surface area (TPSA) is 87.0 Å². The Hall–Kier alpha value is -2.57.